The maximum absolute atomic E-state index is 13.4. The molecule has 0 amide bonds. The third kappa shape index (κ3) is 5.22. The van der Waals surface area contributed by atoms with Gasteiger partial charge in [-0.1, -0.05) is 29.8 Å². The molecule has 0 bridgehead atoms. The maximum atomic E-state index is 13.4. The molecule has 3 N–H and O–H groups in total. The number of nitrogen functional groups attached to an aromatic ring is 1. The number of rotatable bonds is 6. The van der Waals surface area contributed by atoms with Gasteiger partial charge in [-0.05, 0) is 37.3 Å². The highest BCUT2D eigenvalue weighted by Crippen LogP contribution is 2.26. The van der Waals surface area contributed by atoms with Crippen LogP contribution in [-0.2, 0) is 10.0 Å². The molecule has 2 aromatic carbocycles. The van der Waals surface area contributed by atoms with Gasteiger partial charge in [0.2, 0.25) is 21.9 Å². The first kappa shape index (κ1) is 23.3. The van der Waals surface area contributed by atoms with Crippen LogP contribution in [-0.4, -0.2) is 58.8 Å². The summed E-state index contributed by atoms with van der Waals surface area (Å²) in [6.07, 6.45) is 0. The molecule has 0 spiro atoms. The lowest BCUT2D eigenvalue weighted by atomic mass is 10.2. The van der Waals surface area contributed by atoms with E-state index >= 15 is 0 Å². The molecular weight excluding hydrogens is 469 g/mol. The summed E-state index contributed by atoms with van der Waals surface area (Å²) in [5.41, 5.74) is 6.72. The molecule has 2 heterocycles. The average Bonchev–Trinajstić information content (AvgIpc) is 2.80. The summed E-state index contributed by atoms with van der Waals surface area (Å²) in [5.74, 6) is 0.263. The Labute approximate surface area is 196 Å². The van der Waals surface area contributed by atoms with Gasteiger partial charge in [0.1, 0.15) is 5.82 Å². The Morgan fingerprint density at radius 2 is 1.76 bits per heavy atom. The second-order valence-electron chi connectivity index (χ2n) is 7.56. The highest BCUT2D eigenvalue weighted by Gasteiger charge is 2.31. The Balaban J connectivity index is 1.45. The van der Waals surface area contributed by atoms with Crippen molar-refractivity contribution in [2.45, 2.75) is 17.9 Å². The number of hydrogen-bond acceptors (Lipinski definition) is 8. The zero-order valence-corrected chi connectivity index (χ0v) is 19.4. The fourth-order valence-electron chi connectivity index (χ4n) is 3.58. The first-order valence-corrected chi connectivity index (χ1v) is 12.1. The summed E-state index contributed by atoms with van der Waals surface area (Å²) in [7, 11) is -3.78. The Hall–Kier alpha value is -2.86. The first-order valence-electron chi connectivity index (χ1n) is 10.3. The molecule has 0 aliphatic carbocycles. The Morgan fingerprint density at radius 3 is 2.42 bits per heavy atom. The number of halogens is 2. The number of nitrogens with one attached hydrogen (secondary N) is 1. The van der Waals surface area contributed by atoms with E-state index in [4.69, 9.17) is 17.3 Å². The van der Waals surface area contributed by atoms with Gasteiger partial charge >= 0.3 is 0 Å². The largest absolute Gasteiger partial charge is 0.368 e. The number of nitrogens with two attached hydrogens (primary N) is 1. The first-order chi connectivity index (χ1) is 15.7. The normalized spacial score (nSPS) is 16.5. The molecule has 1 saturated heterocycles. The molecule has 1 aliphatic heterocycles. The van der Waals surface area contributed by atoms with Crippen LogP contribution in [0.5, 0.6) is 0 Å². The van der Waals surface area contributed by atoms with E-state index in [1.165, 1.54) is 10.4 Å². The van der Waals surface area contributed by atoms with E-state index in [2.05, 4.69) is 25.2 Å². The smallest absolute Gasteiger partial charge is 0.243 e. The third-order valence-electron chi connectivity index (χ3n) is 5.42. The van der Waals surface area contributed by atoms with Crippen LogP contribution in [0.1, 0.15) is 18.8 Å². The lowest BCUT2D eigenvalue weighted by Crippen LogP contribution is -2.49. The van der Waals surface area contributed by atoms with Crippen LogP contribution >= 0.6 is 11.6 Å². The quantitative estimate of drug-likeness (QED) is 0.540. The van der Waals surface area contributed by atoms with Crippen molar-refractivity contribution in [3.8, 4) is 0 Å². The minimum Gasteiger partial charge on any atom is -0.368 e. The van der Waals surface area contributed by atoms with Crippen LogP contribution in [0.15, 0.2) is 53.4 Å². The average molecular weight is 492 g/mol. The SMILES string of the molecule is C[C@@H](c1nc(N)nc(Nc2ccccc2)n1)N1CCN(S(=O)(=O)c2ccc(F)c(Cl)c2)CC1. The van der Waals surface area contributed by atoms with Crippen LogP contribution in [0.4, 0.5) is 22.0 Å². The van der Waals surface area contributed by atoms with E-state index < -0.39 is 15.8 Å². The fraction of sp³-hybridized carbons (Fsp3) is 0.286. The minimum atomic E-state index is -3.78. The van der Waals surface area contributed by atoms with Crippen LogP contribution < -0.4 is 11.1 Å². The number of para-hydroxylation sites is 1. The van der Waals surface area contributed by atoms with Crippen molar-refractivity contribution < 1.29 is 12.8 Å². The van der Waals surface area contributed by atoms with E-state index in [0.717, 1.165) is 17.8 Å². The highest BCUT2D eigenvalue weighted by molar-refractivity contribution is 7.89. The molecule has 1 aromatic heterocycles. The molecule has 9 nitrogen and oxygen atoms in total. The van der Waals surface area contributed by atoms with E-state index in [1.807, 2.05) is 37.3 Å². The second kappa shape index (κ2) is 9.56. The monoisotopic (exact) mass is 491 g/mol. The number of nitrogens with zero attached hydrogens (tertiary/aromatic N) is 5. The van der Waals surface area contributed by atoms with Crippen molar-refractivity contribution in [1.29, 1.82) is 0 Å². The lowest BCUT2D eigenvalue weighted by Gasteiger charge is -2.36. The van der Waals surface area contributed by atoms with Crippen LogP contribution in [0.25, 0.3) is 0 Å². The van der Waals surface area contributed by atoms with Crippen molar-refractivity contribution in [2.75, 3.05) is 37.2 Å². The minimum absolute atomic E-state index is 0.0303. The number of hydrogen-bond donors (Lipinski definition) is 2. The molecule has 1 fully saturated rings. The molecule has 1 atom stereocenters. The molecule has 0 unspecified atom stereocenters. The summed E-state index contributed by atoms with van der Waals surface area (Å²) in [6.45, 7) is 3.38. The Kier molecular flexibility index (Phi) is 6.75. The van der Waals surface area contributed by atoms with Gasteiger partial charge in [-0.15, -0.1) is 0 Å². The van der Waals surface area contributed by atoms with E-state index in [-0.39, 0.29) is 35.0 Å². The molecule has 0 saturated carbocycles. The van der Waals surface area contributed by atoms with Crippen molar-refractivity contribution >= 4 is 39.2 Å². The van der Waals surface area contributed by atoms with E-state index in [0.29, 0.717) is 24.9 Å². The second-order valence-corrected chi connectivity index (χ2v) is 9.90. The summed E-state index contributed by atoms with van der Waals surface area (Å²) in [4.78, 5) is 15.0. The molecule has 0 radical (unpaired) electrons. The van der Waals surface area contributed by atoms with Gasteiger partial charge in [-0.25, -0.2) is 12.8 Å². The van der Waals surface area contributed by atoms with Crippen molar-refractivity contribution in [3.05, 3.63) is 65.2 Å². The number of aromatic nitrogens is 3. The lowest BCUT2D eigenvalue weighted by molar-refractivity contribution is 0.141. The summed E-state index contributed by atoms with van der Waals surface area (Å²) in [6, 6.07) is 12.7. The molecule has 33 heavy (non-hydrogen) atoms. The molecular formula is C21H23ClFN7O2S. The van der Waals surface area contributed by atoms with E-state index in [9.17, 15) is 12.8 Å². The van der Waals surface area contributed by atoms with Crippen LogP contribution in [0, 0.1) is 5.82 Å². The predicted octanol–water partition coefficient (Wildman–Crippen LogP) is 3.06. The standard InChI is InChI=1S/C21H23ClFN7O2S/c1-14(19-26-20(24)28-21(27-19)25-15-5-3-2-4-6-15)29-9-11-30(12-10-29)33(31,32)16-7-8-18(23)17(22)13-16/h2-8,13-14H,9-12H2,1H3,(H3,24,25,26,27,28)/t14-/m0/s1. The third-order valence-corrected chi connectivity index (χ3v) is 7.61. The summed E-state index contributed by atoms with van der Waals surface area (Å²) in [5, 5.41) is 2.88. The summed E-state index contributed by atoms with van der Waals surface area (Å²) >= 11 is 5.77. The van der Waals surface area contributed by atoms with Gasteiger partial charge < -0.3 is 11.1 Å². The van der Waals surface area contributed by atoms with Crippen molar-refractivity contribution in [1.82, 2.24) is 24.2 Å². The Bertz CT molecular complexity index is 1240. The molecule has 1 aliphatic rings. The van der Waals surface area contributed by atoms with Gasteiger partial charge in [0.25, 0.3) is 0 Å². The molecule has 12 heteroatoms. The number of piperazine rings is 1. The maximum Gasteiger partial charge on any atom is 0.243 e. The van der Waals surface area contributed by atoms with Crippen molar-refractivity contribution in [2.24, 2.45) is 0 Å². The van der Waals surface area contributed by atoms with Gasteiger partial charge in [-0.3, -0.25) is 4.90 Å². The Morgan fingerprint density at radius 1 is 1.06 bits per heavy atom. The zero-order valence-electron chi connectivity index (χ0n) is 17.8. The van der Waals surface area contributed by atoms with Crippen molar-refractivity contribution in [3.63, 3.8) is 0 Å². The van der Waals surface area contributed by atoms with Crippen LogP contribution in [0.3, 0.4) is 0 Å². The van der Waals surface area contributed by atoms with Gasteiger partial charge in [0.15, 0.2) is 5.82 Å². The van der Waals surface area contributed by atoms with Crippen LogP contribution in [0.2, 0.25) is 5.02 Å². The number of sulfonamides is 1. The predicted molar refractivity (Wildman–Crippen MR) is 124 cm³/mol. The van der Waals surface area contributed by atoms with Gasteiger partial charge in [-0.2, -0.15) is 19.3 Å². The zero-order chi connectivity index (χ0) is 23.6. The highest BCUT2D eigenvalue weighted by atomic mass is 35.5. The summed E-state index contributed by atoms with van der Waals surface area (Å²) < 4.78 is 40.7. The topological polar surface area (TPSA) is 117 Å². The molecule has 3 aromatic rings. The number of anilines is 3. The van der Waals surface area contributed by atoms with Gasteiger partial charge in [0, 0.05) is 31.9 Å². The van der Waals surface area contributed by atoms with Gasteiger partial charge in [0.05, 0.1) is 16.0 Å². The molecule has 174 valence electrons. The van der Waals surface area contributed by atoms with E-state index in [1.54, 1.807) is 0 Å². The number of benzene rings is 2. The fourth-order valence-corrected chi connectivity index (χ4v) is 5.28. The molecule has 4 rings (SSSR count).